The normalized spacial score (nSPS) is 16.9. The molecule has 15 heavy (non-hydrogen) atoms. The summed E-state index contributed by atoms with van der Waals surface area (Å²) in [6.07, 6.45) is 6.50. The number of nitrogens with one attached hydrogen (secondary N) is 1. The summed E-state index contributed by atoms with van der Waals surface area (Å²) in [5, 5.41) is 2.86. The third-order valence-electron chi connectivity index (χ3n) is 2.84. The van der Waals surface area contributed by atoms with Crippen LogP contribution < -0.4 is 11.1 Å². The van der Waals surface area contributed by atoms with Crippen molar-refractivity contribution < 1.29 is 9.53 Å². The second kappa shape index (κ2) is 7.65. The van der Waals surface area contributed by atoms with Gasteiger partial charge in [0, 0.05) is 13.1 Å². The molecule has 0 unspecified atom stereocenters. The molecule has 1 saturated carbocycles. The van der Waals surface area contributed by atoms with Gasteiger partial charge in [-0.25, -0.2) is 0 Å². The highest BCUT2D eigenvalue weighted by Crippen LogP contribution is 2.26. The average molecular weight is 214 g/mol. The molecule has 0 aromatic carbocycles. The van der Waals surface area contributed by atoms with E-state index >= 15 is 0 Å². The zero-order valence-corrected chi connectivity index (χ0v) is 9.34. The Bertz CT molecular complexity index is 179. The summed E-state index contributed by atoms with van der Waals surface area (Å²) >= 11 is 0. The van der Waals surface area contributed by atoms with Crippen molar-refractivity contribution in [3.8, 4) is 0 Å². The Kier molecular flexibility index (Phi) is 6.36. The Morgan fingerprint density at radius 2 is 2.13 bits per heavy atom. The number of ether oxygens (including phenoxy) is 1. The fourth-order valence-electron chi connectivity index (χ4n) is 2.01. The highest BCUT2D eigenvalue weighted by Gasteiger charge is 2.14. The lowest BCUT2D eigenvalue weighted by atomic mass is 10.0. The molecule has 4 heteroatoms. The quantitative estimate of drug-likeness (QED) is 0.612. The largest absolute Gasteiger partial charge is 0.370 e. The van der Waals surface area contributed by atoms with Crippen molar-refractivity contribution in [2.45, 2.75) is 32.1 Å². The first-order valence-corrected chi connectivity index (χ1v) is 5.87. The molecular weight excluding hydrogens is 192 g/mol. The minimum atomic E-state index is -0.0264. The van der Waals surface area contributed by atoms with E-state index in [1.165, 1.54) is 25.7 Å². The highest BCUT2D eigenvalue weighted by molar-refractivity contribution is 5.77. The molecule has 0 spiro atoms. The summed E-state index contributed by atoms with van der Waals surface area (Å²) in [6.45, 7) is 1.85. The topological polar surface area (TPSA) is 64.3 Å². The lowest BCUT2D eigenvalue weighted by Gasteiger charge is -2.09. The van der Waals surface area contributed by atoms with Crippen molar-refractivity contribution in [1.82, 2.24) is 5.32 Å². The summed E-state index contributed by atoms with van der Waals surface area (Å²) in [5.74, 6) is 0.803. The second-order valence-electron chi connectivity index (χ2n) is 4.13. The lowest BCUT2D eigenvalue weighted by molar-refractivity contribution is -0.125. The number of carbonyl (C=O) groups excluding carboxylic acids is 1. The van der Waals surface area contributed by atoms with Crippen LogP contribution in [0.25, 0.3) is 0 Å². The molecule has 0 bridgehead atoms. The molecule has 1 aliphatic carbocycles. The van der Waals surface area contributed by atoms with Crippen LogP contribution in [0.3, 0.4) is 0 Å². The van der Waals surface area contributed by atoms with Crippen LogP contribution in [0, 0.1) is 5.92 Å². The van der Waals surface area contributed by atoms with Gasteiger partial charge >= 0.3 is 0 Å². The zero-order valence-electron chi connectivity index (χ0n) is 9.34. The molecule has 3 N–H and O–H groups in total. The van der Waals surface area contributed by atoms with E-state index in [1.807, 2.05) is 0 Å². The zero-order chi connectivity index (χ0) is 10.9. The van der Waals surface area contributed by atoms with Crippen LogP contribution in [0.1, 0.15) is 32.1 Å². The summed E-state index contributed by atoms with van der Waals surface area (Å²) in [7, 11) is 0. The molecule has 1 fully saturated rings. The van der Waals surface area contributed by atoms with Crippen molar-refractivity contribution in [2.75, 3.05) is 26.3 Å². The van der Waals surface area contributed by atoms with Gasteiger partial charge in [0.15, 0.2) is 0 Å². The van der Waals surface area contributed by atoms with Crippen LogP contribution in [-0.4, -0.2) is 32.2 Å². The van der Waals surface area contributed by atoms with Gasteiger partial charge in [0.25, 0.3) is 0 Å². The predicted octanol–water partition coefficient (Wildman–Crippen LogP) is 0.658. The van der Waals surface area contributed by atoms with Crippen LogP contribution in [-0.2, 0) is 9.53 Å². The number of hydrogen-bond acceptors (Lipinski definition) is 3. The lowest BCUT2D eigenvalue weighted by Crippen LogP contribution is -2.30. The van der Waals surface area contributed by atoms with Crippen molar-refractivity contribution in [2.24, 2.45) is 11.7 Å². The molecule has 88 valence electrons. The van der Waals surface area contributed by atoms with Gasteiger partial charge in [-0.05, 0) is 12.3 Å². The monoisotopic (exact) mass is 214 g/mol. The molecule has 0 radical (unpaired) electrons. The van der Waals surface area contributed by atoms with Gasteiger partial charge < -0.3 is 15.8 Å². The van der Waals surface area contributed by atoms with Crippen LogP contribution in [0.2, 0.25) is 0 Å². The third kappa shape index (κ3) is 5.74. The molecule has 0 heterocycles. The Balaban J connectivity index is 1.91. The Labute approximate surface area is 91.5 Å². The van der Waals surface area contributed by atoms with Gasteiger partial charge in [-0.1, -0.05) is 25.7 Å². The van der Waals surface area contributed by atoms with Crippen LogP contribution >= 0.6 is 0 Å². The van der Waals surface area contributed by atoms with E-state index in [9.17, 15) is 4.79 Å². The first-order valence-electron chi connectivity index (χ1n) is 5.87. The first kappa shape index (κ1) is 12.5. The minimum absolute atomic E-state index is 0.0264. The van der Waals surface area contributed by atoms with Crippen molar-refractivity contribution in [3.63, 3.8) is 0 Å². The second-order valence-corrected chi connectivity index (χ2v) is 4.13. The number of nitrogens with two attached hydrogens (primary N) is 1. The van der Waals surface area contributed by atoms with Gasteiger partial charge in [-0.2, -0.15) is 0 Å². The highest BCUT2D eigenvalue weighted by atomic mass is 16.5. The Hall–Kier alpha value is -0.610. The van der Waals surface area contributed by atoms with E-state index in [-0.39, 0.29) is 12.5 Å². The van der Waals surface area contributed by atoms with Gasteiger partial charge in [0.05, 0.1) is 6.61 Å². The molecular formula is C11H22N2O2. The SMILES string of the molecule is NCCOCC(=O)NCCC1CCCC1. The van der Waals surface area contributed by atoms with Gasteiger partial charge in [0.1, 0.15) is 6.61 Å². The fourth-order valence-corrected chi connectivity index (χ4v) is 2.01. The maximum Gasteiger partial charge on any atom is 0.245 e. The smallest absolute Gasteiger partial charge is 0.245 e. The molecule has 0 aromatic heterocycles. The molecule has 4 nitrogen and oxygen atoms in total. The van der Waals surface area contributed by atoms with E-state index in [0.29, 0.717) is 13.2 Å². The number of rotatable bonds is 7. The van der Waals surface area contributed by atoms with E-state index in [2.05, 4.69) is 5.32 Å². The first-order chi connectivity index (χ1) is 7.33. The summed E-state index contributed by atoms with van der Waals surface area (Å²) in [4.78, 5) is 11.2. The number of carbonyl (C=O) groups is 1. The molecule has 1 rings (SSSR count). The number of hydrogen-bond donors (Lipinski definition) is 2. The maximum atomic E-state index is 11.2. The van der Waals surface area contributed by atoms with Crippen LogP contribution in [0.15, 0.2) is 0 Å². The average Bonchev–Trinajstić information content (AvgIpc) is 2.71. The standard InChI is InChI=1S/C11H22N2O2/c12-6-8-15-9-11(14)13-7-5-10-3-1-2-4-10/h10H,1-9,12H2,(H,13,14). The molecule has 0 atom stereocenters. The number of amides is 1. The van der Waals surface area contributed by atoms with E-state index < -0.39 is 0 Å². The van der Waals surface area contributed by atoms with Gasteiger partial charge in [-0.15, -0.1) is 0 Å². The molecule has 0 aromatic rings. The third-order valence-corrected chi connectivity index (χ3v) is 2.84. The van der Waals surface area contributed by atoms with E-state index in [4.69, 9.17) is 10.5 Å². The van der Waals surface area contributed by atoms with Gasteiger partial charge in [0.2, 0.25) is 5.91 Å². The summed E-state index contributed by atoms with van der Waals surface area (Å²) in [6, 6.07) is 0. The van der Waals surface area contributed by atoms with Crippen molar-refractivity contribution in [1.29, 1.82) is 0 Å². The van der Waals surface area contributed by atoms with Crippen molar-refractivity contribution in [3.05, 3.63) is 0 Å². The summed E-state index contributed by atoms with van der Waals surface area (Å²) < 4.78 is 5.03. The molecule has 1 aliphatic rings. The molecule has 1 amide bonds. The summed E-state index contributed by atoms with van der Waals surface area (Å²) in [5.41, 5.74) is 5.24. The predicted molar refractivity (Wildman–Crippen MR) is 59.5 cm³/mol. The van der Waals surface area contributed by atoms with Crippen LogP contribution in [0.5, 0.6) is 0 Å². The Morgan fingerprint density at radius 3 is 2.80 bits per heavy atom. The van der Waals surface area contributed by atoms with E-state index in [0.717, 1.165) is 18.9 Å². The van der Waals surface area contributed by atoms with Gasteiger partial charge in [-0.3, -0.25) is 4.79 Å². The Morgan fingerprint density at radius 1 is 1.40 bits per heavy atom. The fraction of sp³-hybridized carbons (Fsp3) is 0.909. The van der Waals surface area contributed by atoms with Crippen LogP contribution in [0.4, 0.5) is 0 Å². The minimum Gasteiger partial charge on any atom is -0.370 e. The molecule has 0 saturated heterocycles. The molecule has 0 aliphatic heterocycles. The van der Waals surface area contributed by atoms with Crippen molar-refractivity contribution >= 4 is 5.91 Å². The maximum absolute atomic E-state index is 11.2. The van der Waals surface area contributed by atoms with E-state index in [1.54, 1.807) is 0 Å².